The summed E-state index contributed by atoms with van der Waals surface area (Å²) in [4.78, 5) is 0. The lowest BCUT2D eigenvalue weighted by Crippen LogP contribution is -2.30. The van der Waals surface area contributed by atoms with Crippen molar-refractivity contribution in [3.63, 3.8) is 0 Å². The van der Waals surface area contributed by atoms with E-state index >= 15 is 0 Å². The number of ether oxygens (including phenoxy) is 2. The topological polar surface area (TPSA) is 18.5 Å². The predicted molar refractivity (Wildman–Crippen MR) is 55.8 cm³/mol. The van der Waals surface area contributed by atoms with Gasteiger partial charge < -0.3 is 9.47 Å². The lowest BCUT2D eigenvalue weighted by Gasteiger charge is -2.27. The molecule has 0 spiro atoms. The molecule has 2 nitrogen and oxygen atoms in total. The second-order valence-electron chi connectivity index (χ2n) is 3.48. The molecule has 0 aromatic carbocycles. The fourth-order valence-electron chi connectivity index (χ4n) is 1.58. The first-order valence-electron chi connectivity index (χ1n) is 5.10. The molecule has 2 unspecified atom stereocenters. The minimum atomic E-state index is 0. The van der Waals surface area contributed by atoms with Crippen molar-refractivity contribution in [2.24, 2.45) is 0 Å². The average molecular weight is 188 g/mol. The Balaban J connectivity index is 0.00000144. The monoisotopic (exact) mass is 188 g/mol. The van der Waals surface area contributed by atoms with Gasteiger partial charge in [-0.2, -0.15) is 0 Å². The van der Waals surface area contributed by atoms with Crippen LogP contribution in [0.15, 0.2) is 0 Å². The van der Waals surface area contributed by atoms with E-state index in [-0.39, 0.29) is 13.7 Å². The van der Waals surface area contributed by atoms with Gasteiger partial charge in [-0.25, -0.2) is 0 Å². The van der Waals surface area contributed by atoms with Gasteiger partial charge in [0, 0.05) is 0 Å². The maximum Gasteiger partial charge on any atom is 0.155 e. The predicted octanol–water partition coefficient (Wildman–Crippen LogP) is 3.35. The fraction of sp³-hybridized carbons (Fsp3) is 1.00. The Kier molecular flexibility index (Phi) is 7.29. The number of hydrogen-bond donors (Lipinski definition) is 0. The molecule has 0 aromatic rings. The fourth-order valence-corrected chi connectivity index (χ4v) is 1.58. The Morgan fingerprint density at radius 3 is 2.69 bits per heavy atom. The van der Waals surface area contributed by atoms with Crippen molar-refractivity contribution >= 4 is 0 Å². The lowest BCUT2D eigenvalue weighted by molar-refractivity contribution is -0.203. The summed E-state index contributed by atoms with van der Waals surface area (Å²) in [6.45, 7) is 5.08. The highest BCUT2D eigenvalue weighted by Crippen LogP contribution is 2.17. The van der Waals surface area contributed by atoms with Gasteiger partial charge in [-0.05, 0) is 19.8 Å². The molecule has 2 atom stereocenters. The Hall–Kier alpha value is -0.0800. The second-order valence-corrected chi connectivity index (χ2v) is 3.48. The van der Waals surface area contributed by atoms with Gasteiger partial charge in [0.15, 0.2) is 6.29 Å². The number of rotatable bonds is 4. The van der Waals surface area contributed by atoms with E-state index in [1.807, 2.05) is 6.92 Å². The van der Waals surface area contributed by atoms with Crippen LogP contribution < -0.4 is 0 Å². The van der Waals surface area contributed by atoms with Crippen LogP contribution in [0.5, 0.6) is 0 Å². The number of unbranched alkanes of at least 4 members (excludes halogenated alkanes) is 2. The van der Waals surface area contributed by atoms with E-state index in [0.717, 1.165) is 13.0 Å². The molecule has 1 rings (SSSR count). The highest BCUT2D eigenvalue weighted by atomic mass is 16.7. The largest absolute Gasteiger partial charge is 0.353 e. The van der Waals surface area contributed by atoms with Crippen molar-refractivity contribution in [3.8, 4) is 0 Å². The summed E-state index contributed by atoms with van der Waals surface area (Å²) >= 11 is 0. The molecule has 0 radical (unpaired) electrons. The van der Waals surface area contributed by atoms with E-state index in [4.69, 9.17) is 9.47 Å². The molecule has 1 aliphatic heterocycles. The number of hydrogen-bond acceptors (Lipinski definition) is 2. The molecule has 0 aromatic heterocycles. The first kappa shape index (κ1) is 12.9. The standard InChI is InChI=1S/C10H20O2.CH4/c1-3-4-5-6-10-7-8-11-9(2)12-10;/h9-10H,3-8H2,1-2H3;1H4. The summed E-state index contributed by atoms with van der Waals surface area (Å²) in [7, 11) is 0. The second kappa shape index (κ2) is 7.34. The van der Waals surface area contributed by atoms with Gasteiger partial charge >= 0.3 is 0 Å². The summed E-state index contributed by atoms with van der Waals surface area (Å²) in [5, 5.41) is 0. The molecule has 0 N–H and O–H groups in total. The van der Waals surface area contributed by atoms with Gasteiger partial charge in [-0.1, -0.05) is 33.6 Å². The molecule has 0 bridgehead atoms. The molecule has 0 saturated carbocycles. The van der Waals surface area contributed by atoms with Crippen LogP contribution in [0.25, 0.3) is 0 Å². The van der Waals surface area contributed by atoms with Crippen LogP contribution in [0.4, 0.5) is 0 Å². The van der Waals surface area contributed by atoms with Crippen molar-refractivity contribution in [1.29, 1.82) is 0 Å². The van der Waals surface area contributed by atoms with Crippen molar-refractivity contribution in [3.05, 3.63) is 0 Å². The maximum absolute atomic E-state index is 5.61. The molecule has 2 heteroatoms. The van der Waals surface area contributed by atoms with E-state index in [9.17, 15) is 0 Å². The molecule has 13 heavy (non-hydrogen) atoms. The van der Waals surface area contributed by atoms with Crippen LogP contribution in [0.2, 0.25) is 0 Å². The molecular weight excluding hydrogens is 164 g/mol. The summed E-state index contributed by atoms with van der Waals surface area (Å²) < 4.78 is 10.9. The first-order valence-corrected chi connectivity index (χ1v) is 5.10. The summed E-state index contributed by atoms with van der Waals surface area (Å²) in [5.74, 6) is 0. The van der Waals surface area contributed by atoms with Crippen LogP contribution >= 0.6 is 0 Å². The summed E-state index contributed by atoms with van der Waals surface area (Å²) in [6, 6.07) is 0. The third-order valence-electron chi connectivity index (χ3n) is 2.31. The highest BCUT2D eigenvalue weighted by molar-refractivity contribution is 4.62. The van der Waals surface area contributed by atoms with E-state index in [0.29, 0.717) is 6.10 Å². The minimum absolute atomic E-state index is 0. The van der Waals surface area contributed by atoms with Gasteiger partial charge in [0.2, 0.25) is 0 Å². The zero-order valence-corrected chi connectivity index (χ0v) is 8.21. The van der Waals surface area contributed by atoms with Crippen LogP contribution in [0.1, 0.15) is 53.4 Å². The van der Waals surface area contributed by atoms with Gasteiger partial charge in [0.1, 0.15) is 0 Å². The van der Waals surface area contributed by atoms with Gasteiger partial charge in [-0.3, -0.25) is 0 Å². The normalized spacial score (nSPS) is 28.2. The third kappa shape index (κ3) is 5.27. The molecule has 1 heterocycles. The van der Waals surface area contributed by atoms with E-state index in [2.05, 4.69) is 6.92 Å². The van der Waals surface area contributed by atoms with Crippen molar-refractivity contribution in [2.45, 2.75) is 65.8 Å². The molecule has 1 aliphatic rings. The zero-order chi connectivity index (χ0) is 8.81. The van der Waals surface area contributed by atoms with Crippen LogP contribution in [-0.2, 0) is 9.47 Å². The zero-order valence-electron chi connectivity index (χ0n) is 8.21. The Morgan fingerprint density at radius 1 is 1.31 bits per heavy atom. The van der Waals surface area contributed by atoms with Crippen LogP contribution in [0, 0.1) is 0 Å². The Bertz CT molecular complexity index is 115. The van der Waals surface area contributed by atoms with Crippen LogP contribution in [-0.4, -0.2) is 19.0 Å². The van der Waals surface area contributed by atoms with Crippen molar-refractivity contribution in [1.82, 2.24) is 0 Å². The smallest absolute Gasteiger partial charge is 0.155 e. The minimum Gasteiger partial charge on any atom is -0.353 e. The highest BCUT2D eigenvalue weighted by Gasteiger charge is 2.18. The molecule has 0 aliphatic carbocycles. The molecule has 0 amide bonds. The van der Waals surface area contributed by atoms with Gasteiger partial charge in [-0.15, -0.1) is 0 Å². The Labute approximate surface area is 82.6 Å². The maximum atomic E-state index is 5.61. The van der Waals surface area contributed by atoms with E-state index < -0.39 is 0 Å². The summed E-state index contributed by atoms with van der Waals surface area (Å²) in [5.41, 5.74) is 0. The SMILES string of the molecule is C.CCCCCC1CCOC(C)O1. The van der Waals surface area contributed by atoms with Crippen LogP contribution in [0.3, 0.4) is 0 Å². The molecule has 80 valence electrons. The molecule has 1 saturated heterocycles. The molecule has 1 fully saturated rings. The lowest BCUT2D eigenvalue weighted by atomic mass is 10.1. The average Bonchev–Trinajstić information content (AvgIpc) is 2.05. The van der Waals surface area contributed by atoms with Gasteiger partial charge in [0.25, 0.3) is 0 Å². The van der Waals surface area contributed by atoms with Gasteiger partial charge in [0.05, 0.1) is 12.7 Å². The quantitative estimate of drug-likeness (QED) is 0.630. The van der Waals surface area contributed by atoms with E-state index in [1.54, 1.807) is 0 Å². The van der Waals surface area contributed by atoms with E-state index in [1.165, 1.54) is 25.7 Å². The van der Waals surface area contributed by atoms with Crippen molar-refractivity contribution in [2.75, 3.05) is 6.61 Å². The van der Waals surface area contributed by atoms with Crippen molar-refractivity contribution < 1.29 is 9.47 Å². The summed E-state index contributed by atoms with van der Waals surface area (Å²) in [6.07, 6.45) is 6.68. The third-order valence-corrected chi connectivity index (χ3v) is 2.31. The molecular formula is C11H24O2. The first-order chi connectivity index (χ1) is 5.83. The Morgan fingerprint density at radius 2 is 2.08 bits per heavy atom.